The number of hydrogen-bond donors (Lipinski definition) is 2. The molecule has 3 N–H and O–H groups in total. The molecule has 0 saturated carbocycles. The van der Waals surface area contributed by atoms with Crippen LogP contribution < -0.4 is 11.1 Å². The zero-order valence-electron chi connectivity index (χ0n) is 10.2. The van der Waals surface area contributed by atoms with Gasteiger partial charge in [0.1, 0.15) is 0 Å². The van der Waals surface area contributed by atoms with Gasteiger partial charge in [0.25, 0.3) is 0 Å². The fourth-order valence-electron chi connectivity index (χ4n) is 1.47. The molecule has 1 aromatic carbocycles. The third-order valence-electron chi connectivity index (χ3n) is 2.84. The lowest BCUT2D eigenvalue weighted by molar-refractivity contribution is -0.137. The molecule has 1 atom stereocenters. The highest BCUT2D eigenvalue weighted by molar-refractivity contribution is 6.34. The summed E-state index contributed by atoms with van der Waals surface area (Å²) in [4.78, 5) is 21.5. The van der Waals surface area contributed by atoms with Crippen molar-refractivity contribution in [3.05, 3.63) is 35.4 Å². The molecule has 1 rings (SSSR count). The molecule has 4 heteroatoms. The molecule has 1 unspecified atom stereocenters. The van der Waals surface area contributed by atoms with Crippen LogP contribution in [0, 0.1) is 0 Å². The number of hydrogen-bond acceptors (Lipinski definition) is 2. The number of benzene rings is 1. The van der Waals surface area contributed by atoms with Gasteiger partial charge in [0.2, 0.25) is 0 Å². The van der Waals surface area contributed by atoms with E-state index in [-0.39, 0.29) is 0 Å². The molecule has 0 bridgehead atoms. The van der Waals surface area contributed by atoms with E-state index in [1.807, 2.05) is 24.3 Å². The highest BCUT2D eigenvalue weighted by atomic mass is 16.2. The SMILES string of the molecule is CCC(C)c1ccc(CNC(=O)C(N)=O)cc1. The second kappa shape index (κ2) is 6.03. The normalized spacial score (nSPS) is 11.9. The highest BCUT2D eigenvalue weighted by Gasteiger charge is 2.07. The van der Waals surface area contributed by atoms with Crippen LogP contribution >= 0.6 is 0 Å². The van der Waals surface area contributed by atoms with E-state index >= 15 is 0 Å². The number of nitrogens with two attached hydrogens (primary N) is 1. The maximum absolute atomic E-state index is 11.0. The third-order valence-corrected chi connectivity index (χ3v) is 2.84. The number of rotatable bonds is 4. The molecule has 4 nitrogen and oxygen atoms in total. The van der Waals surface area contributed by atoms with Crippen molar-refractivity contribution in [3.63, 3.8) is 0 Å². The molecule has 92 valence electrons. The van der Waals surface area contributed by atoms with Gasteiger partial charge in [-0.25, -0.2) is 0 Å². The van der Waals surface area contributed by atoms with Crippen LogP contribution in [-0.4, -0.2) is 11.8 Å². The van der Waals surface area contributed by atoms with Gasteiger partial charge >= 0.3 is 11.8 Å². The molecule has 0 saturated heterocycles. The quantitative estimate of drug-likeness (QED) is 0.771. The van der Waals surface area contributed by atoms with Crippen molar-refractivity contribution in [2.45, 2.75) is 32.7 Å². The molecular weight excluding hydrogens is 216 g/mol. The summed E-state index contributed by atoms with van der Waals surface area (Å²) in [6.07, 6.45) is 1.09. The molecule has 0 fully saturated rings. The molecule has 2 amide bonds. The third kappa shape index (κ3) is 3.90. The Hall–Kier alpha value is -1.84. The average molecular weight is 234 g/mol. The maximum atomic E-state index is 11.0. The number of amides is 2. The Morgan fingerprint density at radius 1 is 1.29 bits per heavy atom. The van der Waals surface area contributed by atoms with Crippen molar-refractivity contribution in [1.82, 2.24) is 5.32 Å². The molecule has 0 aliphatic heterocycles. The number of primary amides is 1. The molecule has 0 spiro atoms. The summed E-state index contributed by atoms with van der Waals surface area (Å²) in [7, 11) is 0. The summed E-state index contributed by atoms with van der Waals surface area (Å²) in [5, 5.41) is 2.45. The summed E-state index contributed by atoms with van der Waals surface area (Å²) < 4.78 is 0. The first-order chi connectivity index (χ1) is 8.04. The van der Waals surface area contributed by atoms with E-state index in [0.29, 0.717) is 12.5 Å². The van der Waals surface area contributed by atoms with Gasteiger partial charge < -0.3 is 11.1 Å². The van der Waals surface area contributed by atoms with Crippen molar-refractivity contribution >= 4 is 11.8 Å². The number of nitrogens with one attached hydrogen (secondary N) is 1. The molecule has 17 heavy (non-hydrogen) atoms. The molecule has 1 aromatic rings. The molecule has 0 aliphatic carbocycles. The van der Waals surface area contributed by atoms with Crippen LogP contribution in [0.5, 0.6) is 0 Å². The Morgan fingerprint density at radius 3 is 2.35 bits per heavy atom. The summed E-state index contributed by atoms with van der Waals surface area (Å²) >= 11 is 0. The van der Waals surface area contributed by atoms with Crippen LogP contribution in [-0.2, 0) is 16.1 Å². The van der Waals surface area contributed by atoms with E-state index < -0.39 is 11.8 Å². The largest absolute Gasteiger partial charge is 0.361 e. The van der Waals surface area contributed by atoms with Crippen LogP contribution in [0.25, 0.3) is 0 Å². The zero-order valence-corrected chi connectivity index (χ0v) is 10.2. The van der Waals surface area contributed by atoms with Gasteiger partial charge in [-0.2, -0.15) is 0 Å². The lowest BCUT2D eigenvalue weighted by atomic mass is 9.98. The zero-order chi connectivity index (χ0) is 12.8. The molecule has 0 aliphatic rings. The number of carbonyl (C=O) groups excluding carboxylic acids is 2. The minimum Gasteiger partial charge on any atom is -0.361 e. The fourth-order valence-corrected chi connectivity index (χ4v) is 1.47. The van der Waals surface area contributed by atoms with Crippen LogP contribution in [0.15, 0.2) is 24.3 Å². The summed E-state index contributed by atoms with van der Waals surface area (Å²) in [5.74, 6) is -1.18. The maximum Gasteiger partial charge on any atom is 0.309 e. The molecule has 0 heterocycles. The Kier molecular flexibility index (Phi) is 4.69. The van der Waals surface area contributed by atoms with Crippen molar-refractivity contribution in [3.8, 4) is 0 Å². The fraction of sp³-hybridized carbons (Fsp3) is 0.385. The van der Waals surface area contributed by atoms with Gasteiger partial charge in [0.15, 0.2) is 0 Å². The van der Waals surface area contributed by atoms with Crippen molar-refractivity contribution < 1.29 is 9.59 Å². The van der Waals surface area contributed by atoms with Crippen molar-refractivity contribution in [1.29, 1.82) is 0 Å². The Labute approximate surface area is 101 Å². The first kappa shape index (κ1) is 13.2. The summed E-state index contributed by atoms with van der Waals surface area (Å²) in [6, 6.07) is 7.98. The second-order valence-electron chi connectivity index (χ2n) is 4.10. The smallest absolute Gasteiger partial charge is 0.309 e. The standard InChI is InChI=1S/C13H18N2O2/c1-3-9(2)11-6-4-10(5-7-11)8-15-13(17)12(14)16/h4-7,9H,3,8H2,1-2H3,(H2,14,16)(H,15,17). The Bertz CT molecular complexity index is 398. The van der Waals surface area contributed by atoms with Gasteiger partial charge in [0.05, 0.1) is 0 Å². The predicted molar refractivity (Wildman–Crippen MR) is 66.2 cm³/mol. The molecular formula is C13H18N2O2. The highest BCUT2D eigenvalue weighted by Crippen LogP contribution is 2.18. The van der Waals surface area contributed by atoms with Gasteiger partial charge in [0, 0.05) is 6.54 Å². The van der Waals surface area contributed by atoms with Crippen LogP contribution in [0.1, 0.15) is 37.3 Å². The average Bonchev–Trinajstić information content (AvgIpc) is 2.35. The lowest BCUT2D eigenvalue weighted by Gasteiger charge is -2.09. The van der Waals surface area contributed by atoms with Crippen LogP contribution in [0.2, 0.25) is 0 Å². The molecule has 0 radical (unpaired) electrons. The van der Waals surface area contributed by atoms with E-state index in [4.69, 9.17) is 5.73 Å². The van der Waals surface area contributed by atoms with E-state index in [0.717, 1.165) is 12.0 Å². The lowest BCUT2D eigenvalue weighted by Crippen LogP contribution is -2.35. The van der Waals surface area contributed by atoms with E-state index in [1.165, 1.54) is 5.56 Å². The second-order valence-corrected chi connectivity index (χ2v) is 4.10. The minimum absolute atomic E-state index is 0.322. The topological polar surface area (TPSA) is 72.2 Å². The van der Waals surface area contributed by atoms with E-state index in [2.05, 4.69) is 19.2 Å². The number of carbonyl (C=O) groups is 2. The van der Waals surface area contributed by atoms with Gasteiger partial charge in [-0.15, -0.1) is 0 Å². The van der Waals surface area contributed by atoms with Crippen LogP contribution in [0.4, 0.5) is 0 Å². The van der Waals surface area contributed by atoms with Gasteiger partial charge in [-0.3, -0.25) is 9.59 Å². The Balaban J connectivity index is 2.57. The predicted octanol–water partition coefficient (Wildman–Crippen LogP) is 1.30. The molecule has 0 aromatic heterocycles. The monoisotopic (exact) mass is 234 g/mol. The van der Waals surface area contributed by atoms with Gasteiger partial charge in [-0.05, 0) is 23.5 Å². The van der Waals surface area contributed by atoms with E-state index in [9.17, 15) is 9.59 Å². The van der Waals surface area contributed by atoms with Crippen LogP contribution in [0.3, 0.4) is 0 Å². The first-order valence-corrected chi connectivity index (χ1v) is 5.71. The van der Waals surface area contributed by atoms with E-state index in [1.54, 1.807) is 0 Å². The minimum atomic E-state index is -0.957. The van der Waals surface area contributed by atoms with Gasteiger partial charge in [-0.1, -0.05) is 38.1 Å². The summed E-state index contributed by atoms with van der Waals surface area (Å²) in [5.41, 5.74) is 7.06. The first-order valence-electron chi connectivity index (χ1n) is 5.71. The van der Waals surface area contributed by atoms with Crippen molar-refractivity contribution in [2.75, 3.05) is 0 Å². The van der Waals surface area contributed by atoms with Crippen molar-refractivity contribution in [2.24, 2.45) is 5.73 Å². The Morgan fingerprint density at radius 2 is 1.88 bits per heavy atom. The summed E-state index contributed by atoms with van der Waals surface area (Å²) in [6.45, 7) is 4.64.